The SMILES string of the molecule is C=C(C)C(=O)OC(C)N(C)C.CCC. The van der Waals surface area contributed by atoms with Crippen LogP contribution in [0.15, 0.2) is 12.2 Å². The molecule has 0 N–H and O–H groups in total. The zero-order valence-electron chi connectivity index (χ0n) is 10.3. The van der Waals surface area contributed by atoms with E-state index in [0.29, 0.717) is 5.57 Å². The van der Waals surface area contributed by atoms with Crippen LogP contribution in [0, 0.1) is 0 Å². The number of esters is 1. The minimum absolute atomic E-state index is 0.195. The van der Waals surface area contributed by atoms with Gasteiger partial charge >= 0.3 is 5.97 Å². The van der Waals surface area contributed by atoms with E-state index in [9.17, 15) is 4.79 Å². The van der Waals surface area contributed by atoms with Crippen molar-refractivity contribution in [3.8, 4) is 0 Å². The summed E-state index contributed by atoms with van der Waals surface area (Å²) >= 11 is 0. The highest BCUT2D eigenvalue weighted by molar-refractivity contribution is 5.87. The average Bonchev–Trinajstić information content (AvgIpc) is 2.05. The van der Waals surface area contributed by atoms with Gasteiger partial charge in [-0.15, -0.1) is 0 Å². The van der Waals surface area contributed by atoms with E-state index in [4.69, 9.17) is 4.74 Å². The highest BCUT2D eigenvalue weighted by Crippen LogP contribution is 1.99. The Morgan fingerprint density at radius 2 is 1.79 bits per heavy atom. The molecule has 0 amide bonds. The standard InChI is InChI=1S/C8H15NO2.C3H8/c1-6(2)8(10)11-7(3)9(4)5;1-3-2/h7H,1H2,2-5H3;3H2,1-2H3. The first-order valence-corrected chi connectivity index (χ1v) is 4.89. The Bertz CT molecular complexity index is 176. The van der Waals surface area contributed by atoms with Crippen LogP contribution in [0.4, 0.5) is 0 Å². The molecule has 0 aliphatic heterocycles. The summed E-state index contributed by atoms with van der Waals surface area (Å²) in [6.07, 6.45) is 1.05. The van der Waals surface area contributed by atoms with Gasteiger partial charge in [0.05, 0.1) is 0 Å². The maximum absolute atomic E-state index is 10.9. The smallest absolute Gasteiger partial charge is 0.334 e. The molecule has 0 aliphatic rings. The third kappa shape index (κ3) is 9.26. The number of hydrogen-bond donors (Lipinski definition) is 0. The molecule has 0 aromatic carbocycles. The molecule has 0 saturated carbocycles. The van der Waals surface area contributed by atoms with Gasteiger partial charge < -0.3 is 4.74 Å². The van der Waals surface area contributed by atoms with E-state index >= 15 is 0 Å². The first-order chi connectivity index (χ1) is 6.36. The predicted octanol–water partition coefficient (Wildman–Crippen LogP) is 2.43. The Hall–Kier alpha value is -0.830. The summed E-state index contributed by atoms with van der Waals surface area (Å²) < 4.78 is 4.96. The van der Waals surface area contributed by atoms with Crippen molar-refractivity contribution >= 4 is 5.97 Å². The fraction of sp³-hybridized carbons (Fsp3) is 0.727. The van der Waals surface area contributed by atoms with Gasteiger partial charge in [-0.3, -0.25) is 4.90 Å². The molecule has 3 heteroatoms. The van der Waals surface area contributed by atoms with Crippen LogP contribution >= 0.6 is 0 Å². The highest BCUT2D eigenvalue weighted by atomic mass is 16.6. The molecule has 0 aromatic heterocycles. The van der Waals surface area contributed by atoms with Crippen LogP contribution in [0.1, 0.15) is 34.1 Å². The molecule has 0 heterocycles. The fourth-order valence-corrected chi connectivity index (χ4v) is 0.361. The van der Waals surface area contributed by atoms with Crippen molar-refractivity contribution in [3.63, 3.8) is 0 Å². The molecule has 0 aliphatic carbocycles. The van der Waals surface area contributed by atoms with Gasteiger partial charge in [-0.2, -0.15) is 0 Å². The first-order valence-electron chi connectivity index (χ1n) is 4.89. The normalized spacial score (nSPS) is 11.4. The molecule has 1 atom stereocenters. The van der Waals surface area contributed by atoms with E-state index < -0.39 is 0 Å². The van der Waals surface area contributed by atoms with Crippen molar-refractivity contribution in [2.24, 2.45) is 0 Å². The second-order valence-corrected chi connectivity index (χ2v) is 3.46. The van der Waals surface area contributed by atoms with E-state index in [1.165, 1.54) is 6.42 Å². The van der Waals surface area contributed by atoms with E-state index in [1.54, 1.807) is 18.7 Å². The number of carbonyl (C=O) groups is 1. The van der Waals surface area contributed by atoms with Gasteiger partial charge in [0.25, 0.3) is 0 Å². The zero-order chi connectivity index (χ0) is 11.7. The molecule has 14 heavy (non-hydrogen) atoms. The molecule has 1 unspecified atom stereocenters. The van der Waals surface area contributed by atoms with E-state index in [1.807, 2.05) is 14.1 Å². The van der Waals surface area contributed by atoms with Crippen LogP contribution in [0.3, 0.4) is 0 Å². The zero-order valence-corrected chi connectivity index (χ0v) is 10.3. The molecular weight excluding hydrogens is 178 g/mol. The second kappa shape index (κ2) is 8.75. The van der Waals surface area contributed by atoms with Gasteiger partial charge in [-0.1, -0.05) is 26.8 Å². The summed E-state index contributed by atoms with van der Waals surface area (Å²) in [5, 5.41) is 0. The van der Waals surface area contributed by atoms with Crippen LogP contribution in [0.5, 0.6) is 0 Å². The Labute approximate surface area is 87.7 Å². The van der Waals surface area contributed by atoms with Gasteiger partial charge in [0, 0.05) is 5.57 Å². The second-order valence-electron chi connectivity index (χ2n) is 3.46. The number of rotatable bonds is 3. The Balaban J connectivity index is 0. The summed E-state index contributed by atoms with van der Waals surface area (Å²) in [6.45, 7) is 11.2. The monoisotopic (exact) mass is 201 g/mol. The fourth-order valence-electron chi connectivity index (χ4n) is 0.361. The summed E-state index contributed by atoms with van der Waals surface area (Å²) in [7, 11) is 3.69. The van der Waals surface area contributed by atoms with Gasteiger partial charge in [-0.05, 0) is 27.9 Å². The van der Waals surface area contributed by atoms with Gasteiger partial charge in [0.2, 0.25) is 0 Å². The van der Waals surface area contributed by atoms with E-state index in [2.05, 4.69) is 20.4 Å². The largest absolute Gasteiger partial charge is 0.443 e. The van der Waals surface area contributed by atoms with Crippen molar-refractivity contribution in [1.29, 1.82) is 0 Å². The average molecular weight is 201 g/mol. The first kappa shape index (κ1) is 15.6. The minimum atomic E-state index is -0.341. The Morgan fingerprint density at radius 3 is 2.00 bits per heavy atom. The summed E-state index contributed by atoms with van der Waals surface area (Å²) in [6, 6.07) is 0. The van der Waals surface area contributed by atoms with Crippen LogP contribution in [0.2, 0.25) is 0 Å². The van der Waals surface area contributed by atoms with Crippen LogP contribution < -0.4 is 0 Å². The number of ether oxygens (including phenoxy) is 1. The molecule has 0 fully saturated rings. The number of nitrogens with zero attached hydrogens (tertiary/aromatic N) is 1. The van der Waals surface area contributed by atoms with Gasteiger partial charge in [0.1, 0.15) is 0 Å². The lowest BCUT2D eigenvalue weighted by Crippen LogP contribution is -2.30. The molecule has 0 aromatic rings. The van der Waals surface area contributed by atoms with E-state index in [-0.39, 0.29) is 12.2 Å². The Kier molecular flexibility index (Phi) is 9.78. The van der Waals surface area contributed by atoms with Gasteiger partial charge in [0.15, 0.2) is 6.23 Å². The van der Waals surface area contributed by atoms with E-state index in [0.717, 1.165) is 0 Å². The summed E-state index contributed by atoms with van der Waals surface area (Å²) in [5.74, 6) is -0.341. The third-order valence-corrected chi connectivity index (χ3v) is 1.35. The van der Waals surface area contributed by atoms with Crippen molar-refractivity contribution in [2.45, 2.75) is 40.3 Å². The molecule has 0 saturated heterocycles. The summed E-state index contributed by atoms with van der Waals surface area (Å²) in [4.78, 5) is 12.7. The number of carbonyl (C=O) groups excluding carboxylic acids is 1. The van der Waals surface area contributed by atoms with Crippen LogP contribution in [-0.2, 0) is 9.53 Å². The molecule has 0 bridgehead atoms. The minimum Gasteiger partial charge on any atom is -0.443 e. The lowest BCUT2D eigenvalue weighted by Gasteiger charge is -2.19. The molecular formula is C11H23NO2. The molecule has 0 radical (unpaired) electrons. The van der Waals surface area contributed by atoms with Crippen LogP contribution in [0.25, 0.3) is 0 Å². The molecule has 0 spiro atoms. The highest BCUT2D eigenvalue weighted by Gasteiger charge is 2.10. The number of hydrogen-bond acceptors (Lipinski definition) is 3. The molecule has 84 valence electrons. The van der Waals surface area contributed by atoms with Crippen molar-refractivity contribution in [2.75, 3.05) is 14.1 Å². The molecule has 0 rings (SSSR count). The Morgan fingerprint density at radius 1 is 1.43 bits per heavy atom. The lowest BCUT2D eigenvalue weighted by molar-refractivity contribution is -0.150. The lowest BCUT2D eigenvalue weighted by atomic mass is 10.4. The topological polar surface area (TPSA) is 29.5 Å². The van der Waals surface area contributed by atoms with Crippen molar-refractivity contribution in [1.82, 2.24) is 4.90 Å². The van der Waals surface area contributed by atoms with Crippen LogP contribution in [-0.4, -0.2) is 31.2 Å². The predicted molar refractivity (Wildman–Crippen MR) is 60.0 cm³/mol. The quantitative estimate of drug-likeness (QED) is 0.399. The summed E-state index contributed by atoms with van der Waals surface area (Å²) in [5.41, 5.74) is 0.429. The third-order valence-electron chi connectivity index (χ3n) is 1.35. The maximum atomic E-state index is 10.9. The van der Waals surface area contributed by atoms with Crippen molar-refractivity contribution < 1.29 is 9.53 Å². The molecule has 3 nitrogen and oxygen atoms in total. The maximum Gasteiger partial charge on any atom is 0.334 e. The van der Waals surface area contributed by atoms with Crippen molar-refractivity contribution in [3.05, 3.63) is 12.2 Å². The van der Waals surface area contributed by atoms with Gasteiger partial charge in [-0.25, -0.2) is 4.79 Å².